The van der Waals surface area contributed by atoms with Crippen molar-refractivity contribution in [2.24, 2.45) is 0 Å². The fraction of sp³-hybridized carbons (Fsp3) is 0.417. The van der Waals surface area contributed by atoms with Crippen molar-refractivity contribution in [3.8, 4) is 0 Å². The van der Waals surface area contributed by atoms with E-state index in [4.69, 9.17) is 16.3 Å². The lowest BCUT2D eigenvalue weighted by Gasteiger charge is -2.15. The van der Waals surface area contributed by atoms with Crippen molar-refractivity contribution in [2.75, 3.05) is 24.9 Å². The lowest BCUT2D eigenvalue weighted by atomic mass is 10.1. The van der Waals surface area contributed by atoms with Gasteiger partial charge in [0.25, 0.3) is 0 Å². The maximum atomic E-state index is 11.5. The molecule has 0 aliphatic carbocycles. The summed E-state index contributed by atoms with van der Waals surface area (Å²) in [7, 11) is 1.34. The molecule has 2 N–H and O–H groups in total. The standard InChI is InChI=1S/C12H16ClNO3/c1-8-4-3-5-10(12(16)17-2)11(8)14-7-9(15)6-13/h3-5,9,14-15H,6-7H2,1-2H3. The smallest absolute Gasteiger partial charge is 0.339 e. The summed E-state index contributed by atoms with van der Waals surface area (Å²) in [6, 6.07) is 5.33. The molecule has 0 heterocycles. The minimum absolute atomic E-state index is 0.145. The molecular weight excluding hydrogens is 242 g/mol. The summed E-state index contributed by atoms with van der Waals surface area (Å²) in [4.78, 5) is 11.5. The molecule has 0 aliphatic heterocycles. The van der Waals surface area contributed by atoms with Crippen LogP contribution in [0.15, 0.2) is 18.2 Å². The largest absolute Gasteiger partial charge is 0.465 e. The van der Waals surface area contributed by atoms with Crippen LogP contribution in [-0.4, -0.2) is 36.7 Å². The molecule has 0 aromatic heterocycles. The minimum Gasteiger partial charge on any atom is -0.465 e. The molecule has 1 rings (SSSR count). The molecule has 1 aromatic carbocycles. The van der Waals surface area contributed by atoms with E-state index in [1.807, 2.05) is 13.0 Å². The molecule has 5 heteroatoms. The maximum Gasteiger partial charge on any atom is 0.339 e. The van der Waals surface area contributed by atoms with Crippen molar-refractivity contribution in [2.45, 2.75) is 13.0 Å². The van der Waals surface area contributed by atoms with Gasteiger partial charge in [-0.25, -0.2) is 4.79 Å². The number of aliphatic hydroxyl groups excluding tert-OH is 1. The van der Waals surface area contributed by atoms with Crippen LogP contribution >= 0.6 is 11.6 Å². The normalized spacial score (nSPS) is 12.0. The maximum absolute atomic E-state index is 11.5. The number of methoxy groups -OCH3 is 1. The Hall–Kier alpha value is -1.26. The Labute approximate surface area is 106 Å². The number of para-hydroxylation sites is 1. The van der Waals surface area contributed by atoms with E-state index in [9.17, 15) is 9.90 Å². The second-order valence-electron chi connectivity index (χ2n) is 3.68. The van der Waals surface area contributed by atoms with Crippen LogP contribution in [0, 0.1) is 6.92 Å². The summed E-state index contributed by atoms with van der Waals surface area (Å²) in [5.74, 6) is -0.261. The summed E-state index contributed by atoms with van der Waals surface area (Å²) in [6.45, 7) is 2.17. The molecule has 1 atom stereocenters. The van der Waals surface area contributed by atoms with E-state index in [1.54, 1.807) is 12.1 Å². The first-order chi connectivity index (χ1) is 8.10. The van der Waals surface area contributed by atoms with Crippen molar-refractivity contribution >= 4 is 23.3 Å². The van der Waals surface area contributed by atoms with Crippen LogP contribution in [0.3, 0.4) is 0 Å². The van der Waals surface area contributed by atoms with E-state index in [1.165, 1.54) is 7.11 Å². The highest BCUT2D eigenvalue weighted by Gasteiger charge is 2.14. The number of benzene rings is 1. The Kier molecular flexibility index (Phi) is 5.25. The van der Waals surface area contributed by atoms with E-state index in [2.05, 4.69) is 5.32 Å². The molecule has 0 fully saturated rings. The van der Waals surface area contributed by atoms with Crippen molar-refractivity contribution in [1.82, 2.24) is 0 Å². The summed E-state index contributed by atoms with van der Waals surface area (Å²) in [5.41, 5.74) is 2.03. The monoisotopic (exact) mass is 257 g/mol. The summed E-state index contributed by atoms with van der Waals surface area (Å²) >= 11 is 5.51. The number of carbonyl (C=O) groups is 1. The molecule has 4 nitrogen and oxygen atoms in total. The van der Waals surface area contributed by atoms with E-state index in [-0.39, 0.29) is 5.88 Å². The van der Waals surface area contributed by atoms with Crippen LogP contribution in [0.4, 0.5) is 5.69 Å². The second-order valence-corrected chi connectivity index (χ2v) is 3.99. The fourth-order valence-electron chi connectivity index (χ4n) is 1.46. The van der Waals surface area contributed by atoms with Gasteiger partial charge in [-0.3, -0.25) is 0 Å². The average molecular weight is 258 g/mol. The van der Waals surface area contributed by atoms with Crippen LogP contribution < -0.4 is 5.32 Å². The van der Waals surface area contributed by atoms with Gasteiger partial charge in [0, 0.05) is 6.54 Å². The molecule has 0 aliphatic rings. The van der Waals surface area contributed by atoms with Gasteiger partial charge in [0.15, 0.2) is 0 Å². The molecule has 1 aromatic rings. The first-order valence-electron chi connectivity index (χ1n) is 5.26. The van der Waals surface area contributed by atoms with E-state index >= 15 is 0 Å². The van der Waals surface area contributed by atoms with Crippen LogP contribution in [0.5, 0.6) is 0 Å². The quantitative estimate of drug-likeness (QED) is 0.624. The lowest BCUT2D eigenvalue weighted by Crippen LogP contribution is -2.22. The number of esters is 1. The lowest BCUT2D eigenvalue weighted by molar-refractivity contribution is 0.0601. The number of rotatable bonds is 5. The second kappa shape index (κ2) is 6.47. The number of carbonyl (C=O) groups excluding carboxylic acids is 1. The zero-order chi connectivity index (χ0) is 12.8. The van der Waals surface area contributed by atoms with Crippen molar-refractivity contribution in [1.29, 1.82) is 0 Å². The molecule has 94 valence electrons. The highest BCUT2D eigenvalue weighted by atomic mass is 35.5. The topological polar surface area (TPSA) is 58.6 Å². The zero-order valence-electron chi connectivity index (χ0n) is 9.87. The number of hydrogen-bond acceptors (Lipinski definition) is 4. The number of halogens is 1. The Balaban J connectivity index is 2.92. The van der Waals surface area contributed by atoms with Gasteiger partial charge in [-0.15, -0.1) is 11.6 Å². The predicted octanol–water partition coefficient (Wildman–Crippen LogP) is 1.79. The molecule has 1 unspecified atom stereocenters. The van der Waals surface area contributed by atoms with E-state index in [0.29, 0.717) is 17.8 Å². The summed E-state index contributed by atoms with van der Waals surface area (Å²) in [5, 5.41) is 12.4. The number of nitrogens with one attached hydrogen (secondary N) is 1. The molecular formula is C12H16ClNO3. The van der Waals surface area contributed by atoms with Gasteiger partial charge in [0.1, 0.15) is 0 Å². The number of alkyl halides is 1. The third-order valence-corrected chi connectivity index (χ3v) is 2.73. The highest BCUT2D eigenvalue weighted by Crippen LogP contribution is 2.21. The van der Waals surface area contributed by atoms with Crippen LogP contribution in [0.1, 0.15) is 15.9 Å². The van der Waals surface area contributed by atoms with E-state index in [0.717, 1.165) is 5.56 Å². The number of hydrogen-bond donors (Lipinski definition) is 2. The van der Waals surface area contributed by atoms with Crippen molar-refractivity contribution < 1.29 is 14.6 Å². The molecule has 0 saturated heterocycles. The van der Waals surface area contributed by atoms with Crippen LogP contribution in [0.25, 0.3) is 0 Å². The minimum atomic E-state index is -0.651. The van der Waals surface area contributed by atoms with Gasteiger partial charge in [-0.1, -0.05) is 12.1 Å². The third kappa shape index (κ3) is 3.61. The van der Waals surface area contributed by atoms with Gasteiger partial charge < -0.3 is 15.2 Å². The first-order valence-corrected chi connectivity index (χ1v) is 5.79. The molecule has 0 spiro atoms. The Morgan fingerprint density at radius 3 is 2.88 bits per heavy atom. The number of aliphatic hydroxyl groups is 1. The van der Waals surface area contributed by atoms with Gasteiger partial charge in [0.2, 0.25) is 0 Å². The SMILES string of the molecule is COC(=O)c1cccc(C)c1NCC(O)CCl. The van der Waals surface area contributed by atoms with Gasteiger partial charge >= 0.3 is 5.97 Å². The van der Waals surface area contributed by atoms with Gasteiger partial charge in [0.05, 0.1) is 30.3 Å². The Morgan fingerprint density at radius 2 is 2.29 bits per heavy atom. The Bertz CT molecular complexity index is 395. The van der Waals surface area contributed by atoms with Crippen LogP contribution in [0.2, 0.25) is 0 Å². The Morgan fingerprint density at radius 1 is 1.59 bits per heavy atom. The number of aryl methyl sites for hydroxylation is 1. The third-order valence-electron chi connectivity index (χ3n) is 2.37. The summed E-state index contributed by atoms with van der Waals surface area (Å²) < 4.78 is 4.70. The summed E-state index contributed by atoms with van der Waals surface area (Å²) in [6.07, 6.45) is -0.651. The fourth-order valence-corrected chi connectivity index (χ4v) is 1.57. The average Bonchev–Trinajstić information content (AvgIpc) is 2.35. The van der Waals surface area contributed by atoms with E-state index < -0.39 is 12.1 Å². The number of ether oxygens (including phenoxy) is 1. The first kappa shape index (κ1) is 13.8. The molecule has 0 amide bonds. The van der Waals surface area contributed by atoms with Crippen molar-refractivity contribution in [3.63, 3.8) is 0 Å². The molecule has 0 bridgehead atoms. The van der Waals surface area contributed by atoms with Gasteiger partial charge in [-0.2, -0.15) is 0 Å². The van der Waals surface area contributed by atoms with Crippen molar-refractivity contribution in [3.05, 3.63) is 29.3 Å². The predicted molar refractivity (Wildman–Crippen MR) is 67.7 cm³/mol. The molecule has 17 heavy (non-hydrogen) atoms. The highest BCUT2D eigenvalue weighted by molar-refractivity contribution is 6.18. The zero-order valence-corrected chi connectivity index (χ0v) is 10.6. The molecule has 0 radical (unpaired) electrons. The van der Waals surface area contributed by atoms with Gasteiger partial charge in [-0.05, 0) is 18.6 Å². The molecule has 0 saturated carbocycles. The number of anilines is 1. The van der Waals surface area contributed by atoms with Crippen LogP contribution in [-0.2, 0) is 4.74 Å².